The number of likely N-dealkylation sites (N-methyl/N-ethyl adjacent to an activating group) is 1. The number of carbonyl (C=O) groups excluding carboxylic acids is 1. The van der Waals surface area contributed by atoms with E-state index in [-0.39, 0.29) is 34.4 Å². The van der Waals surface area contributed by atoms with Gasteiger partial charge in [-0.2, -0.15) is 4.31 Å². The molecule has 1 aliphatic rings. The van der Waals surface area contributed by atoms with E-state index in [9.17, 15) is 26.4 Å². The zero-order chi connectivity index (χ0) is 21.9. The Labute approximate surface area is 176 Å². The van der Waals surface area contributed by atoms with Gasteiger partial charge in [-0.15, -0.1) is 24.5 Å². The van der Waals surface area contributed by atoms with Crippen LogP contribution in [-0.2, 0) is 27.8 Å². The first-order valence-corrected chi connectivity index (χ1v) is 11.5. The molecule has 0 aliphatic carbocycles. The van der Waals surface area contributed by atoms with Gasteiger partial charge in [0.2, 0.25) is 5.91 Å². The molecule has 1 aromatic carbocycles. The van der Waals surface area contributed by atoms with Crippen molar-refractivity contribution in [2.24, 2.45) is 0 Å². The Hall–Kier alpha value is -2.11. The van der Waals surface area contributed by atoms with Crippen molar-refractivity contribution in [3.8, 4) is 5.75 Å². The molecule has 1 aromatic heterocycles. The minimum Gasteiger partial charge on any atom is -0.405 e. The molecule has 0 unspecified atom stereocenters. The molecule has 0 spiro atoms. The van der Waals surface area contributed by atoms with Crippen LogP contribution in [0, 0.1) is 0 Å². The number of rotatable bonds is 7. The highest BCUT2D eigenvalue weighted by atomic mass is 32.2. The summed E-state index contributed by atoms with van der Waals surface area (Å²) < 4.78 is 68.5. The van der Waals surface area contributed by atoms with Crippen LogP contribution in [0.3, 0.4) is 0 Å². The highest BCUT2D eigenvalue weighted by Gasteiger charge is 2.32. The number of alkyl halides is 3. The average molecular weight is 463 g/mol. The molecular formula is C19H21F3N2O4S2. The van der Waals surface area contributed by atoms with E-state index in [0.717, 1.165) is 24.2 Å². The van der Waals surface area contributed by atoms with Crippen LogP contribution in [0.4, 0.5) is 13.2 Å². The number of ether oxygens (including phenoxy) is 1. The normalized spacial score (nSPS) is 15.3. The number of hydrogen-bond acceptors (Lipinski definition) is 5. The van der Waals surface area contributed by atoms with Crippen LogP contribution in [0.15, 0.2) is 40.6 Å². The molecule has 164 valence electrons. The summed E-state index contributed by atoms with van der Waals surface area (Å²) in [6.07, 6.45) is -3.20. The molecule has 1 amide bonds. The largest absolute Gasteiger partial charge is 0.573 e. The second kappa shape index (κ2) is 8.94. The maximum absolute atomic E-state index is 12.6. The fourth-order valence-electron chi connectivity index (χ4n) is 3.13. The molecule has 0 atom stereocenters. The molecule has 0 radical (unpaired) electrons. The summed E-state index contributed by atoms with van der Waals surface area (Å²) in [6, 6.07) is 8.71. The Balaban J connectivity index is 1.65. The predicted molar refractivity (Wildman–Crippen MR) is 106 cm³/mol. The topological polar surface area (TPSA) is 66.9 Å². The SMILES string of the molecule is CN(Cc1ccccc1OC(F)(F)F)C(=O)Cc1ccc(S(=O)(=O)N2CCCC2)s1. The van der Waals surface area contributed by atoms with Crippen LogP contribution in [-0.4, -0.2) is 50.0 Å². The number of hydrogen-bond donors (Lipinski definition) is 0. The molecule has 1 aliphatic heterocycles. The Morgan fingerprint density at radius 1 is 1.17 bits per heavy atom. The molecule has 1 fully saturated rings. The number of para-hydroxylation sites is 1. The Morgan fingerprint density at radius 2 is 1.83 bits per heavy atom. The summed E-state index contributed by atoms with van der Waals surface area (Å²) in [6.45, 7) is 0.919. The number of halogens is 3. The van der Waals surface area contributed by atoms with Crippen molar-refractivity contribution in [1.82, 2.24) is 9.21 Å². The van der Waals surface area contributed by atoms with Crippen LogP contribution in [0.5, 0.6) is 5.75 Å². The first kappa shape index (κ1) is 22.6. The van der Waals surface area contributed by atoms with Crippen molar-refractivity contribution in [2.45, 2.75) is 36.4 Å². The number of nitrogens with zero attached hydrogens (tertiary/aromatic N) is 2. The van der Waals surface area contributed by atoms with Crippen molar-refractivity contribution in [2.75, 3.05) is 20.1 Å². The van der Waals surface area contributed by atoms with E-state index < -0.39 is 16.4 Å². The van der Waals surface area contributed by atoms with Gasteiger partial charge in [0.25, 0.3) is 10.0 Å². The summed E-state index contributed by atoms with van der Waals surface area (Å²) in [4.78, 5) is 14.4. The van der Waals surface area contributed by atoms with Gasteiger partial charge < -0.3 is 9.64 Å². The first-order chi connectivity index (χ1) is 14.1. The second-order valence-electron chi connectivity index (χ2n) is 6.91. The Bertz CT molecular complexity index is 999. The summed E-state index contributed by atoms with van der Waals surface area (Å²) in [7, 11) is -2.07. The molecule has 1 saturated heterocycles. The molecule has 2 aromatic rings. The third kappa shape index (κ3) is 5.52. The third-order valence-corrected chi connectivity index (χ3v) is 8.10. The number of thiophene rings is 1. The highest BCUT2D eigenvalue weighted by Crippen LogP contribution is 2.29. The standard InChI is InChI=1S/C19H21F3N2O4S2/c1-23(13-14-6-2-3-7-16(14)28-19(20,21)22)17(25)12-15-8-9-18(29-15)30(26,27)24-10-4-5-11-24/h2-3,6-9H,4-5,10-13H2,1H3. The zero-order valence-electron chi connectivity index (χ0n) is 16.2. The molecule has 0 bridgehead atoms. The van der Waals surface area contributed by atoms with Gasteiger partial charge in [0.1, 0.15) is 9.96 Å². The van der Waals surface area contributed by atoms with Crippen molar-refractivity contribution in [3.05, 3.63) is 46.8 Å². The summed E-state index contributed by atoms with van der Waals surface area (Å²) in [5.41, 5.74) is 0.217. The molecular weight excluding hydrogens is 441 g/mol. The monoisotopic (exact) mass is 462 g/mol. The average Bonchev–Trinajstić information content (AvgIpc) is 3.34. The second-order valence-corrected chi connectivity index (χ2v) is 10.2. The van der Waals surface area contributed by atoms with Gasteiger partial charge in [-0.25, -0.2) is 8.42 Å². The van der Waals surface area contributed by atoms with E-state index in [1.807, 2.05) is 0 Å². The minimum absolute atomic E-state index is 0.0427. The van der Waals surface area contributed by atoms with E-state index in [1.165, 1.54) is 40.5 Å². The van der Waals surface area contributed by atoms with E-state index in [0.29, 0.717) is 18.0 Å². The van der Waals surface area contributed by atoms with Crippen molar-refractivity contribution in [1.29, 1.82) is 0 Å². The number of benzene rings is 1. The molecule has 6 nitrogen and oxygen atoms in total. The lowest BCUT2D eigenvalue weighted by Crippen LogP contribution is -2.28. The predicted octanol–water partition coefficient (Wildman–Crippen LogP) is 3.63. The number of sulfonamides is 1. The van der Waals surface area contributed by atoms with Crippen molar-refractivity contribution >= 4 is 27.3 Å². The molecule has 3 rings (SSSR count). The maximum Gasteiger partial charge on any atom is 0.573 e. The summed E-state index contributed by atoms with van der Waals surface area (Å²) in [5, 5.41) is 0. The van der Waals surface area contributed by atoms with E-state index >= 15 is 0 Å². The van der Waals surface area contributed by atoms with E-state index in [2.05, 4.69) is 4.74 Å². The van der Waals surface area contributed by atoms with Gasteiger partial charge in [0.05, 0.1) is 6.42 Å². The molecule has 30 heavy (non-hydrogen) atoms. The van der Waals surface area contributed by atoms with Crippen LogP contribution >= 0.6 is 11.3 Å². The lowest BCUT2D eigenvalue weighted by atomic mass is 10.2. The quantitative estimate of drug-likeness (QED) is 0.630. The fraction of sp³-hybridized carbons (Fsp3) is 0.421. The number of carbonyl (C=O) groups is 1. The van der Waals surface area contributed by atoms with Gasteiger partial charge in [-0.3, -0.25) is 4.79 Å². The van der Waals surface area contributed by atoms with Crippen LogP contribution in [0.1, 0.15) is 23.3 Å². The third-order valence-electron chi connectivity index (χ3n) is 4.65. The minimum atomic E-state index is -4.83. The molecule has 11 heteroatoms. The Morgan fingerprint density at radius 3 is 2.50 bits per heavy atom. The van der Waals surface area contributed by atoms with Crippen molar-refractivity contribution in [3.63, 3.8) is 0 Å². The van der Waals surface area contributed by atoms with E-state index in [1.54, 1.807) is 12.1 Å². The zero-order valence-corrected chi connectivity index (χ0v) is 17.8. The van der Waals surface area contributed by atoms with E-state index in [4.69, 9.17) is 0 Å². The van der Waals surface area contributed by atoms with Crippen LogP contribution in [0.25, 0.3) is 0 Å². The van der Waals surface area contributed by atoms with Gasteiger partial charge in [-0.05, 0) is 31.0 Å². The van der Waals surface area contributed by atoms with Gasteiger partial charge in [-0.1, -0.05) is 18.2 Å². The Kier molecular flexibility index (Phi) is 6.73. The molecule has 2 heterocycles. The van der Waals surface area contributed by atoms with Crippen LogP contribution < -0.4 is 4.74 Å². The fourth-order valence-corrected chi connectivity index (χ4v) is 6.15. The lowest BCUT2D eigenvalue weighted by Gasteiger charge is -2.19. The summed E-state index contributed by atoms with van der Waals surface area (Å²) >= 11 is 1.04. The van der Waals surface area contributed by atoms with Gasteiger partial charge in [0, 0.05) is 37.1 Å². The smallest absolute Gasteiger partial charge is 0.405 e. The first-order valence-electron chi connectivity index (χ1n) is 9.23. The summed E-state index contributed by atoms with van der Waals surface area (Å²) in [5.74, 6) is -0.705. The highest BCUT2D eigenvalue weighted by molar-refractivity contribution is 7.91. The molecule has 0 saturated carbocycles. The van der Waals surface area contributed by atoms with Crippen molar-refractivity contribution < 1.29 is 31.1 Å². The van der Waals surface area contributed by atoms with Gasteiger partial charge in [0.15, 0.2) is 0 Å². The number of amides is 1. The van der Waals surface area contributed by atoms with Crippen LogP contribution in [0.2, 0.25) is 0 Å². The molecule has 0 N–H and O–H groups in total. The maximum atomic E-state index is 12.6. The van der Waals surface area contributed by atoms with Gasteiger partial charge >= 0.3 is 6.36 Å². The lowest BCUT2D eigenvalue weighted by molar-refractivity contribution is -0.275.